The average Bonchev–Trinajstić information content (AvgIpc) is 2.53. The molecule has 106 valence electrons. The molecule has 0 atom stereocenters. The molecular formula is C17H16N2O2. The highest BCUT2D eigenvalue weighted by atomic mass is 16.5. The highest BCUT2D eigenvalue weighted by molar-refractivity contribution is 5.90. The summed E-state index contributed by atoms with van der Waals surface area (Å²) in [5, 5.41) is 12.4. The van der Waals surface area contributed by atoms with Gasteiger partial charge >= 0.3 is 5.97 Å². The van der Waals surface area contributed by atoms with Gasteiger partial charge in [0.25, 0.3) is 0 Å². The van der Waals surface area contributed by atoms with E-state index in [4.69, 9.17) is 10.00 Å². The molecule has 21 heavy (non-hydrogen) atoms. The van der Waals surface area contributed by atoms with E-state index >= 15 is 0 Å². The summed E-state index contributed by atoms with van der Waals surface area (Å²) in [5.41, 5.74) is 4.01. The molecule has 0 bridgehead atoms. The van der Waals surface area contributed by atoms with Gasteiger partial charge in [-0.25, -0.2) is 4.79 Å². The molecule has 0 spiro atoms. The highest BCUT2D eigenvalue weighted by Crippen LogP contribution is 2.19. The molecular weight excluding hydrogens is 264 g/mol. The summed E-state index contributed by atoms with van der Waals surface area (Å²) in [4.78, 5) is 11.5. The van der Waals surface area contributed by atoms with Crippen LogP contribution >= 0.6 is 0 Å². The summed E-state index contributed by atoms with van der Waals surface area (Å²) in [5.74, 6) is -0.348. The normalized spacial score (nSPS) is 9.76. The second-order valence-corrected chi connectivity index (χ2v) is 4.64. The van der Waals surface area contributed by atoms with Crippen molar-refractivity contribution in [1.29, 1.82) is 5.26 Å². The number of anilines is 1. The van der Waals surface area contributed by atoms with Crippen molar-refractivity contribution < 1.29 is 9.53 Å². The van der Waals surface area contributed by atoms with Crippen LogP contribution in [0.5, 0.6) is 0 Å². The number of nitriles is 1. The van der Waals surface area contributed by atoms with E-state index < -0.39 is 0 Å². The van der Waals surface area contributed by atoms with Crippen molar-refractivity contribution in [3.05, 3.63) is 64.7 Å². The molecule has 0 fully saturated rings. The fourth-order valence-corrected chi connectivity index (χ4v) is 2.08. The number of carbonyl (C=O) groups excluding carboxylic acids is 1. The molecule has 2 aromatic carbocycles. The van der Waals surface area contributed by atoms with Gasteiger partial charge in [0.1, 0.15) is 0 Å². The standard InChI is InChI=1S/C17H16N2O2/c1-12-9-13(17(20)21-2)7-8-16(12)19-11-15-6-4-3-5-14(15)10-18/h3-9,19H,11H2,1-2H3. The van der Waals surface area contributed by atoms with Gasteiger partial charge in [-0.3, -0.25) is 0 Å². The topological polar surface area (TPSA) is 62.1 Å². The van der Waals surface area contributed by atoms with Crippen LogP contribution in [0.4, 0.5) is 5.69 Å². The van der Waals surface area contributed by atoms with Gasteiger partial charge < -0.3 is 10.1 Å². The summed E-state index contributed by atoms with van der Waals surface area (Å²) >= 11 is 0. The first kappa shape index (κ1) is 14.6. The van der Waals surface area contributed by atoms with Crippen molar-refractivity contribution >= 4 is 11.7 Å². The molecule has 0 heterocycles. The molecule has 0 aliphatic carbocycles. The fourth-order valence-electron chi connectivity index (χ4n) is 2.08. The maximum atomic E-state index is 11.5. The molecule has 2 rings (SSSR count). The van der Waals surface area contributed by atoms with Crippen LogP contribution in [-0.4, -0.2) is 13.1 Å². The molecule has 0 amide bonds. The molecule has 0 aliphatic rings. The fraction of sp³-hybridized carbons (Fsp3) is 0.176. The third-order valence-corrected chi connectivity index (χ3v) is 3.25. The number of esters is 1. The number of ether oxygens (including phenoxy) is 1. The predicted octanol–water partition coefficient (Wildman–Crippen LogP) is 3.27. The van der Waals surface area contributed by atoms with E-state index in [1.807, 2.05) is 31.2 Å². The van der Waals surface area contributed by atoms with Crippen LogP contribution in [0.15, 0.2) is 42.5 Å². The zero-order valence-corrected chi connectivity index (χ0v) is 12.0. The Morgan fingerprint density at radius 1 is 1.29 bits per heavy atom. The van der Waals surface area contributed by atoms with Crippen LogP contribution in [0.1, 0.15) is 27.0 Å². The second kappa shape index (κ2) is 6.58. The first-order chi connectivity index (χ1) is 10.2. The Morgan fingerprint density at radius 2 is 2.05 bits per heavy atom. The largest absolute Gasteiger partial charge is 0.465 e. The Balaban J connectivity index is 2.14. The molecule has 4 heteroatoms. The number of nitrogens with zero attached hydrogens (tertiary/aromatic N) is 1. The van der Waals surface area contributed by atoms with Gasteiger partial charge in [-0.2, -0.15) is 5.26 Å². The van der Waals surface area contributed by atoms with Crippen molar-refractivity contribution in [2.24, 2.45) is 0 Å². The number of carbonyl (C=O) groups is 1. The number of rotatable bonds is 4. The van der Waals surface area contributed by atoms with E-state index in [1.165, 1.54) is 7.11 Å². The van der Waals surface area contributed by atoms with Gasteiger partial charge in [-0.1, -0.05) is 18.2 Å². The third-order valence-electron chi connectivity index (χ3n) is 3.25. The molecule has 0 saturated carbocycles. The SMILES string of the molecule is COC(=O)c1ccc(NCc2ccccc2C#N)c(C)c1. The van der Waals surface area contributed by atoms with Crippen molar-refractivity contribution in [2.45, 2.75) is 13.5 Å². The van der Waals surface area contributed by atoms with E-state index in [-0.39, 0.29) is 5.97 Å². The average molecular weight is 280 g/mol. The Bertz CT molecular complexity index is 702. The number of nitrogens with one attached hydrogen (secondary N) is 1. The minimum absolute atomic E-state index is 0.348. The summed E-state index contributed by atoms with van der Waals surface area (Å²) in [6.07, 6.45) is 0. The predicted molar refractivity (Wildman–Crippen MR) is 81.0 cm³/mol. The van der Waals surface area contributed by atoms with Crippen LogP contribution in [0, 0.1) is 18.3 Å². The van der Waals surface area contributed by atoms with E-state index in [9.17, 15) is 4.79 Å². The Labute approximate surface area is 124 Å². The molecule has 2 aromatic rings. The third kappa shape index (κ3) is 3.40. The van der Waals surface area contributed by atoms with Gasteiger partial charge in [0.2, 0.25) is 0 Å². The van der Waals surface area contributed by atoms with Crippen LogP contribution < -0.4 is 5.32 Å². The number of hydrogen-bond acceptors (Lipinski definition) is 4. The van der Waals surface area contributed by atoms with E-state index in [0.717, 1.165) is 16.8 Å². The quantitative estimate of drug-likeness (QED) is 0.873. The first-order valence-corrected chi connectivity index (χ1v) is 6.56. The second-order valence-electron chi connectivity index (χ2n) is 4.64. The molecule has 4 nitrogen and oxygen atoms in total. The van der Waals surface area contributed by atoms with E-state index in [1.54, 1.807) is 18.2 Å². The lowest BCUT2D eigenvalue weighted by atomic mass is 10.1. The number of aryl methyl sites for hydroxylation is 1. The molecule has 0 aromatic heterocycles. The Hall–Kier alpha value is -2.80. The van der Waals surface area contributed by atoms with Gasteiger partial charge in [-0.15, -0.1) is 0 Å². The molecule has 0 unspecified atom stereocenters. The lowest BCUT2D eigenvalue weighted by Gasteiger charge is -2.11. The molecule has 0 radical (unpaired) electrons. The maximum absolute atomic E-state index is 11.5. The maximum Gasteiger partial charge on any atom is 0.337 e. The minimum atomic E-state index is -0.348. The summed E-state index contributed by atoms with van der Waals surface area (Å²) in [7, 11) is 1.36. The monoisotopic (exact) mass is 280 g/mol. The zero-order chi connectivity index (χ0) is 15.2. The minimum Gasteiger partial charge on any atom is -0.465 e. The van der Waals surface area contributed by atoms with E-state index in [0.29, 0.717) is 17.7 Å². The van der Waals surface area contributed by atoms with Crippen LogP contribution in [0.25, 0.3) is 0 Å². The van der Waals surface area contributed by atoms with Gasteiger partial charge in [0.05, 0.1) is 24.3 Å². The van der Waals surface area contributed by atoms with Crippen molar-refractivity contribution in [3.63, 3.8) is 0 Å². The van der Waals surface area contributed by atoms with Crippen molar-refractivity contribution in [1.82, 2.24) is 0 Å². The van der Waals surface area contributed by atoms with Crippen LogP contribution in [0.3, 0.4) is 0 Å². The zero-order valence-electron chi connectivity index (χ0n) is 12.0. The first-order valence-electron chi connectivity index (χ1n) is 6.56. The summed E-state index contributed by atoms with van der Waals surface area (Å²) < 4.78 is 4.70. The van der Waals surface area contributed by atoms with Crippen LogP contribution in [0.2, 0.25) is 0 Å². The van der Waals surface area contributed by atoms with Gasteiger partial charge in [0.15, 0.2) is 0 Å². The molecule has 0 saturated heterocycles. The number of methoxy groups -OCH3 is 1. The molecule has 1 N–H and O–H groups in total. The van der Waals surface area contributed by atoms with Crippen molar-refractivity contribution in [2.75, 3.05) is 12.4 Å². The smallest absolute Gasteiger partial charge is 0.337 e. The van der Waals surface area contributed by atoms with Crippen molar-refractivity contribution in [3.8, 4) is 6.07 Å². The lowest BCUT2D eigenvalue weighted by molar-refractivity contribution is 0.0600. The van der Waals surface area contributed by atoms with E-state index in [2.05, 4.69) is 11.4 Å². The van der Waals surface area contributed by atoms with Gasteiger partial charge in [-0.05, 0) is 42.3 Å². The highest BCUT2D eigenvalue weighted by Gasteiger charge is 2.08. The summed E-state index contributed by atoms with van der Waals surface area (Å²) in [6.45, 7) is 2.48. The van der Waals surface area contributed by atoms with Gasteiger partial charge in [0, 0.05) is 12.2 Å². The number of benzene rings is 2. The van der Waals surface area contributed by atoms with Crippen LogP contribution in [-0.2, 0) is 11.3 Å². The summed E-state index contributed by atoms with van der Waals surface area (Å²) in [6, 6.07) is 15.0. The lowest BCUT2D eigenvalue weighted by Crippen LogP contribution is -2.05. The Morgan fingerprint density at radius 3 is 2.71 bits per heavy atom. The molecule has 0 aliphatic heterocycles. The number of hydrogen-bond donors (Lipinski definition) is 1. The Kier molecular flexibility index (Phi) is 4.57.